The van der Waals surface area contributed by atoms with E-state index in [-0.39, 0.29) is 12.2 Å². The van der Waals surface area contributed by atoms with Crippen molar-refractivity contribution in [3.8, 4) is 21.7 Å². The van der Waals surface area contributed by atoms with Crippen LogP contribution in [-0.2, 0) is 24.4 Å². The minimum Gasteiger partial charge on any atom is -0.444 e. The predicted molar refractivity (Wildman–Crippen MR) is 187 cm³/mol. The molecular formula is C37H40N6O3S. The van der Waals surface area contributed by atoms with Crippen molar-refractivity contribution in [2.24, 2.45) is 0 Å². The summed E-state index contributed by atoms with van der Waals surface area (Å²) in [4.78, 5) is 32.2. The number of thiazole rings is 1. The van der Waals surface area contributed by atoms with E-state index < -0.39 is 5.60 Å². The Bertz CT molecular complexity index is 1960. The molecule has 47 heavy (non-hydrogen) atoms. The molecule has 7 rings (SSSR count). The van der Waals surface area contributed by atoms with Crippen LogP contribution in [0.1, 0.15) is 54.5 Å². The third-order valence-electron chi connectivity index (χ3n) is 8.86. The maximum atomic E-state index is 12.6. The van der Waals surface area contributed by atoms with Gasteiger partial charge in [0.2, 0.25) is 0 Å². The standard InChI is InChI=1S/C37H40N6O3S/c1-22-27(8-6-10-29(22)35-41-31-20-43(21-32(31)47-35)36(45)46-37(3,4)5)28-9-7-11-30(23(28)2)40-34-33-25(12-14-38-34)16-24(17-39-33)18-42-15-13-26(44)19-42/h6-12,14,16-17,26,44H,13,15,18-21H2,1-5H3,(H,38,40)/t26-/m1/s1. The topological polar surface area (TPSA) is 104 Å². The summed E-state index contributed by atoms with van der Waals surface area (Å²) in [7, 11) is 0. The molecular weight excluding hydrogens is 609 g/mol. The van der Waals surface area contributed by atoms with Crippen molar-refractivity contribution in [3.05, 3.63) is 88.2 Å². The van der Waals surface area contributed by atoms with Crippen LogP contribution in [0.25, 0.3) is 32.6 Å². The number of β-amino-alcohol motifs (C(OH)–C–C–N with tert-alkyl or cyclic N) is 1. The van der Waals surface area contributed by atoms with Gasteiger partial charge in [0.1, 0.15) is 16.1 Å². The predicted octanol–water partition coefficient (Wildman–Crippen LogP) is 7.60. The summed E-state index contributed by atoms with van der Waals surface area (Å²) in [6.07, 6.45) is 4.03. The molecule has 0 radical (unpaired) electrons. The van der Waals surface area contributed by atoms with Crippen molar-refractivity contribution in [2.75, 3.05) is 18.4 Å². The van der Waals surface area contributed by atoms with Gasteiger partial charge in [-0.1, -0.05) is 30.3 Å². The highest BCUT2D eigenvalue weighted by atomic mass is 32.1. The van der Waals surface area contributed by atoms with Crippen LogP contribution in [0.15, 0.2) is 60.9 Å². The second-order valence-electron chi connectivity index (χ2n) is 13.6. The summed E-state index contributed by atoms with van der Waals surface area (Å²) in [5.41, 5.74) is 9.00. The Balaban J connectivity index is 1.12. The molecule has 9 nitrogen and oxygen atoms in total. The third kappa shape index (κ3) is 6.45. The van der Waals surface area contributed by atoms with Gasteiger partial charge in [-0.25, -0.2) is 14.8 Å². The van der Waals surface area contributed by atoms with Gasteiger partial charge in [0, 0.05) is 53.5 Å². The highest BCUT2D eigenvalue weighted by molar-refractivity contribution is 7.15. The number of nitrogens with one attached hydrogen (secondary N) is 1. The Labute approximate surface area is 279 Å². The summed E-state index contributed by atoms with van der Waals surface area (Å²) in [6.45, 7) is 13.3. The van der Waals surface area contributed by atoms with Crippen LogP contribution in [0, 0.1) is 13.8 Å². The fraction of sp³-hybridized carbons (Fsp3) is 0.351. The van der Waals surface area contributed by atoms with E-state index in [9.17, 15) is 9.90 Å². The van der Waals surface area contributed by atoms with Crippen LogP contribution in [0.2, 0.25) is 0 Å². The molecule has 2 aliphatic rings. The molecule has 0 bridgehead atoms. The summed E-state index contributed by atoms with van der Waals surface area (Å²) in [5.74, 6) is 0.717. The first-order valence-electron chi connectivity index (χ1n) is 16.1. The van der Waals surface area contributed by atoms with Crippen LogP contribution in [-0.4, -0.2) is 60.7 Å². The Hall–Kier alpha value is -4.38. The number of aliphatic hydroxyl groups excluding tert-OH is 1. The van der Waals surface area contributed by atoms with Crippen LogP contribution in [0.3, 0.4) is 0 Å². The van der Waals surface area contributed by atoms with Crippen LogP contribution < -0.4 is 5.32 Å². The highest BCUT2D eigenvalue weighted by Crippen LogP contribution is 2.40. The Morgan fingerprint density at radius 3 is 2.55 bits per heavy atom. The number of pyridine rings is 2. The number of likely N-dealkylation sites (tertiary alicyclic amines) is 1. The maximum Gasteiger partial charge on any atom is 0.410 e. The number of hydrogen-bond donors (Lipinski definition) is 2. The zero-order valence-corrected chi connectivity index (χ0v) is 28.3. The molecule has 5 aromatic rings. The molecule has 0 saturated carbocycles. The van der Waals surface area contributed by atoms with Gasteiger partial charge in [-0.2, -0.15) is 0 Å². The number of nitrogens with zero attached hydrogens (tertiary/aromatic N) is 5. The Morgan fingerprint density at radius 1 is 1.04 bits per heavy atom. The molecule has 242 valence electrons. The van der Waals surface area contributed by atoms with Gasteiger partial charge in [-0.15, -0.1) is 11.3 Å². The van der Waals surface area contributed by atoms with Gasteiger partial charge in [0.05, 0.1) is 24.9 Å². The number of fused-ring (bicyclic) bond motifs is 2. The second-order valence-corrected chi connectivity index (χ2v) is 14.6. The largest absolute Gasteiger partial charge is 0.444 e. The van der Waals surface area contributed by atoms with E-state index in [4.69, 9.17) is 14.7 Å². The number of carbonyl (C=O) groups excluding carboxylic acids is 1. The first-order valence-corrected chi connectivity index (χ1v) is 16.9. The lowest BCUT2D eigenvalue weighted by atomic mass is 9.93. The lowest BCUT2D eigenvalue weighted by Crippen LogP contribution is -2.33. The number of aromatic nitrogens is 3. The quantitative estimate of drug-likeness (QED) is 0.194. The first kappa shape index (κ1) is 31.2. The van der Waals surface area contributed by atoms with Gasteiger partial charge in [0.15, 0.2) is 5.82 Å². The zero-order chi connectivity index (χ0) is 32.9. The number of anilines is 2. The number of hydrogen-bond acceptors (Lipinski definition) is 9. The van der Waals surface area contributed by atoms with Crippen molar-refractivity contribution in [2.45, 2.75) is 72.4 Å². The minimum absolute atomic E-state index is 0.236. The number of carbonyl (C=O) groups is 1. The van der Waals surface area contributed by atoms with Gasteiger partial charge >= 0.3 is 6.09 Å². The van der Waals surface area contributed by atoms with Gasteiger partial charge in [-0.3, -0.25) is 14.8 Å². The second kappa shape index (κ2) is 12.3. The van der Waals surface area contributed by atoms with Crippen LogP contribution in [0.5, 0.6) is 0 Å². The Morgan fingerprint density at radius 2 is 1.81 bits per heavy atom. The number of benzene rings is 2. The molecule has 10 heteroatoms. The lowest BCUT2D eigenvalue weighted by Gasteiger charge is -2.24. The number of amides is 1. The van der Waals surface area contributed by atoms with Crippen molar-refractivity contribution in [3.63, 3.8) is 0 Å². The molecule has 5 heterocycles. The summed E-state index contributed by atoms with van der Waals surface area (Å²) < 4.78 is 5.57. The van der Waals surface area contributed by atoms with E-state index in [0.717, 1.165) is 85.1 Å². The van der Waals surface area contributed by atoms with E-state index in [2.05, 4.69) is 71.5 Å². The van der Waals surface area contributed by atoms with Crippen LogP contribution in [0.4, 0.5) is 16.3 Å². The smallest absolute Gasteiger partial charge is 0.410 e. The molecule has 0 spiro atoms. The fourth-order valence-corrected chi connectivity index (χ4v) is 7.63. The molecule has 0 aliphatic carbocycles. The monoisotopic (exact) mass is 648 g/mol. The van der Waals surface area contributed by atoms with Crippen molar-refractivity contribution in [1.82, 2.24) is 24.8 Å². The van der Waals surface area contributed by atoms with Crippen molar-refractivity contribution < 1.29 is 14.6 Å². The molecule has 2 N–H and O–H groups in total. The van der Waals surface area contributed by atoms with Crippen molar-refractivity contribution in [1.29, 1.82) is 0 Å². The minimum atomic E-state index is -0.528. The number of aliphatic hydroxyl groups is 1. The van der Waals surface area contributed by atoms with Gasteiger partial charge in [-0.05, 0) is 87.1 Å². The molecule has 2 aliphatic heterocycles. The molecule has 1 atom stereocenters. The van der Waals surface area contributed by atoms with E-state index >= 15 is 0 Å². The van der Waals surface area contributed by atoms with Crippen molar-refractivity contribution >= 4 is 39.8 Å². The molecule has 0 unspecified atom stereocenters. The van der Waals surface area contributed by atoms with Gasteiger partial charge in [0.25, 0.3) is 0 Å². The average molecular weight is 649 g/mol. The molecule has 2 aromatic carbocycles. The first-order chi connectivity index (χ1) is 22.5. The maximum absolute atomic E-state index is 12.6. The summed E-state index contributed by atoms with van der Waals surface area (Å²) in [6, 6.07) is 16.8. The highest BCUT2D eigenvalue weighted by Gasteiger charge is 2.31. The molecule has 1 fully saturated rings. The molecule has 1 amide bonds. The molecule has 1 saturated heterocycles. The third-order valence-corrected chi connectivity index (χ3v) is 9.97. The zero-order valence-electron chi connectivity index (χ0n) is 27.5. The van der Waals surface area contributed by atoms with E-state index in [1.807, 2.05) is 39.2 Å². The summed E-state index contributed by atoms with van der Waals surface area (Å²) >= 11 is 1.65. The van der Waals surface area contributed by atoms with Crippen LogP contribution >= 0.6 is 11.3 Å². The fourth-order valence-electron chi connectivity index (χ4n) is 6.46. The normalized spacial score (nSPS) is 16.6. The Kier molecular flexibility index (Phi) is 8.20. The van der Waals surface area contributed by atoms with E-state index in [1.165, 1.54) is 0 Å². The van der Waals surface area contributed by atoms with E-state index in [1.54, 1.807) is 16.2 Å². The lowest BCUT2D eigenvalue weighted by molar-refractivity contribution is 0.0241. The average Bonchev–Trinajstić information content (AvgIpc) is 3.73. The number of rotatable bonds is 6. The SMILES string of the molecule is Cc1c(Nc2nccc3cc(CN4CC[C@@H](O)C4)cnc23)cccc1-c1cccc(-c2nc3c(s2)CN(C(=O)OC(C)(C)C)C3)c1C. The summed E-state index contributed by atoms with van der Waals surface area (Å²) in [5, 5.41) is 15.5. The molecule has 3 aromatic heterocycles. The van der Waals surface area contributed by atoms with E-state index in [0.29, 0.717) is 25.5 Å². The van der Waals surface area contributed by atoms with Gasteiger partial charge < -0.3 is 15.2 Å². The number of ether oxygens (including phenoxy) is 1.